The van der Waals surface area contributed by atoms with Gasteiger partial charge < -0.3 is 10.6 Å². The molecule has 0 bridgehead atoms. The second kappa shape index (κ2) is 6.55. The first kappa shape index (κ1) is 16.9. The number of nitrogen functional groups attached to an aromatic ring is 1. The smallest absolute Gasteiger partial charge is 0.243 e. The molecule has 1 rings (SSSR count). The number of nitrogens with one attached hydrogen (secondary N) is 1. The van der Waals surface area contributed by atoms with Crippen molar-refractivity contribution in [3.8, 4) is 0 Å². The topological polar surface area (TPSA) is 92.5 Å². The molecular weight excluding hydrogens is 346 g/mol. The van der Waals surface area contributed by atoms with Crippen LogP contribution < -0.4 is 10.5 Å². The molecule has 112 valence electrons. The highest BCUT2D eigenvalue weighted by atomic mass is 79.9. The molecule has 3 N–H and O–H groups in total. The van der Waals surface area contributed by atoms with Crippen LogP contribution in [0.2, 0.25) is 0 Å². The predicted octanol–water partition coefficient (Wildman–Crippen LogP) is 1.18. The molecule has 1 aromatic rings. The Bertz CT molecular complexity index is 604. The Labute approximate surface area is 127 Å². The van der Waals surface area contributed by atoms with Crippen LogP contribution >= 0.6 is 15.9 Å². The van der Waals surface area contributed by atoms with Crippen LogP contribution in [0.15, 0.2) is 27.6 Å². The number of amides is 1. The van der Waals surface area contributed by atoms with Gasteiger partial charge in [-0.1, -0.05) is 15.9 Å². The van der Waals surface area contributed by atoms with Crippen LogP contribution in [0.1, 0.15) is 13.8 Å². The number of rotatable bonds is 5. The summed E-state index contributed by atoms with van der Waals surface area (Å²) in [5.41, 5.74) is 5.82. The molecule has 0 saturated heterocycles. The highest BCUT2D eigenvalue weighted by Crippen LogP contribution is 2.22. The van der Waals surface area contributed by atoms with Gasteiger partial charge in [-0.25, -0.2) is 8.42 Å². The fourth-order valence-electron chi connectivity index (χ4n) is 1.60. The van der Waals surface area contributed by atoms with Crippen molar-refractivity contribution in [3.63, 3.8) is 0 Å². The highest BCUT2D eigenvalue weighted by Gasteiger charge is 2.25. The number of carbonyl (C=O) groups is 1. The lowest BCUT2D eigenvalue weighted by Gasteiger charge is -2.20. The molecule has 20 heavy (non-hydrogen) atoms. The van der Waals surface area contributed by atoms with Gasteiger partial charge >= 0.3 is 0 Å². The van der Waals surface area contributed by atoms with Crippen LogP contribution in [0.5, 0.6) is 0 Å². The summed E-state index contributed by atoms with van der Waals surface area (Å²) in [5, 5.41) is 0. The molecule has 0 spiro atoms. The normalized spacial score (nSPS) is 13.0. The molecule has 0 saturated carbocycles. The first-order valence-corrected chi connectivity index (χ1v) is 8.29. The number of halogens is 1. The molecule has 0 fully saturated rings. The number of carbonyl (C=O) groups excluding carboxylic acids is 1. The van der Waals surface area contributed by atoms with E-state index in [1.807, 2.05) is 6.92 Å². The Morgan fingerprint density at radius 3 is 2.60 bits per heavy atom. The predicted molar refractivity (Wildman–Crippen MR) is 81.6 cm³/mol. The summed E-state index contributed by atoms with van der Waals surface area (Å²) >= 11 is 3.21. The van der Waals surface area contributed by atoms with Crippen LogP contribution in [-0.2, 0) is 14.8 Å². The van der Waals surface area contributed by atoms with Crippen molar-refractivity contribution >= 4 is 37.5 Å². The van der Waals surface area contributed by atoms with Crippen LogP contribution in [0.4, 0.5) is 5.69 Å². The van der Waals surface area contributed by atoms with Gasteiger partial charge in [0.2, 0.25) is 15.9 Å². The van der Waals surface area contributed by atoms with Crippen molar-refractivity contribution in [1.82, 2.24) is 9.62 Å². The Morgan fingerprint density at radius 1 is 1.50 bits per heavy atom. The standard InChI is InChI=1S/C12H18BrN3O3S/c1-4-16(3)12(17)8(2)15-20(18,19)11-6-5-9(13)7-10(11)14/h5-8,15H,4,14H2,1-3H3. The summed E-state index contributed by atoms with van der Waals surface area (Å²) in [4.78, 5) is 13.3. The molecule has 8 heteroatoms. The minimum absolute atomic E-state index is 0.0421. The Balaban J connectivity index is 2.98. The SMILES string of the molecule is CCN(C)C(=O)C(C)NS(=O)(=O)c1ccc(Br)cc1N. The van der Waals surface area contributed by atoms with Gasteiger partial charge in [0, 0.05) is 18.1 Å². The van der Waals surface area contributed by atoms with Crippen molar-refractivity contribution in [1.29, 1.82) is 0 Å². The summed E-state index contributed by atoms with van der Waals surface area (Å²) in [7, 11) is -2.22. The third-order valence-electron chi connectivity index (χ3n) is 2.81. The second-order valence-electron chi connectivity index (χ2n) is 4.38. The Kier molecular flexibility index (Phi) is 5.55. The maximum absolute atomic E-state index is 12.2. The highest BCUT2D eigenvalue weighted by molar-refractivity contribution is 9.10. The van der Waals surface area contributed by atoms with E-state index in [1.54, 1.807) is 13.1 Å². The number of hydrogen-bond acceptors (Lipinski definition) is 4. The van der Waals surface area contributed by atoms with Crippen LogP contribution in [0.25, 0.3) is 0 Å². The fraction of sp³-hybridized carbons (Fsp3) is 0.417. The lowest BCUT2D eigenvalue weighted by atomic mass is 10.3. The van der Waals surface area contributed by atoms with E-state index in [-0.39, 0.29) is 16.5 Å². The van der Waals surface area contributed by atoms with Crippen molar-refractivity contribution in [2.75, 3.05) is 19.3 Å². The van der Waals surface area contributed by atoms with E-state index in [9.17, 15) is 13.2 Å². The summed E-state index contributed by atoms with van der Waals surface area (Å²) < 4.78 is 27.4. The van der Waals surface area contributed by atoms with Crippen molar-refractivity contribution < 1.29 is 13.2 Å². The van der Waals surface area contributed by atoms with Crippen molar-refractivity contribution in [2.45, 2.75) is 24.8 Å². The maximum atomic E-state index is 12.2. The molecule has 1 amide bonds. The van der Waals surface area contributed by atoms with Crippen LogP contribution in [0, 0.1) is 0 Å². The molecular formula is C12H18BrN3O3S. The van der Waals surface area contributed by atoms with Crippen LogP contribution in [0.3, 0.4) is 0 Å². The number of sulfonamides is 1. The van der Waals surface area contributed by atoms with Gasteiger partial charge in [-0.3, -0.25) is 4.79 Å². The molecule has 1 unspecified atom stereocenters. The van der Waals surface area contributed by atoms with E-state index in [2.05, 4.69) is 20.7 Å². The average Bonchev–Trinajstić information content (AvgIpc) is 2.35. The number of likely N-dealkylation sites (N-methyl/N-ethyl adjacent to an activating group) is 1. The molecule has 6 nitrogen and oxygen atoms in total. The van der Waals surface area contributed by atoms with Gasteiger partial charge in [-0.2, -0.15) is 4.72 Å². The fourth-order valence-corrected chi connectivity index (χ4v) is 3.29. The molecule has 0 aliphatic rings. The number of anilines is 1. The Hall–Kier alpha value is -1.12. The third kappa shape index (κ3) is 3.94. The van der Waals surface area contributed by atoms with Gasteiger partial charge in [-0.15, -0.1) is 0 Å². The molecule has 0 radical (unpaired) electrons. The summed E-state index contributed by atoms with van der Waals surface area (Å²) in [6.07, 6.45) is 0. The maximum Gasteiger partial charge on any atom is 0.243 e. The van der Waals surface area contributed by atoms with E-state index in [4.69, 9.17) is 5.73 Å². The van der Waals surface area contributed by atoms with E-state index in [1.165, 1.54) is 24.0 Å². The minimum Gasteiger partial charge on any atom is -0.398 e. The zero-order chi connectivity index (χ0) is 15.5. The van der Waals surface area contributed by atoms with Gasteiger partial charge in [0.15, 0.2) is 0 Å². The quantitative estimate of drug-likeness (QED) is 0.768. The number of benzene rings is 1. The first-order valence-electron chi connectivity index (χ1n) is 6.01. The summed E-state index contributed by atoms with van der Waals surface area (Å²) in [6, 6.07) is 3.62. The Morgan fingerprint density at radius 2 is 2.10 bits per heavy atom. The number of hydrogen-bond donors (Lipinski definition) is 2. The summed E-state index contributed by atoms with van der Waals surface area (Å²) in [6.45, 7) is 3.82. The lowest BCUT2D eigenvalue weighted by molar-refractivity contribution is -0.131. The number of nitrogens with two attached hydrogens (primary N) is 1. The average molecular weight is 364 g/mol. The van der Waals surface area contributed by atoms with E-state index >= 15 is 0 Å². The molecule has 1 aromatic carbocycles. The van der Waals surface area contributed by atoms with Crippen molar-refractivity contribution in [2.24, 2.45) is 0 Å². The van der Waals surface area contributed by atoms with Crippen LogP contribution in [-0.4, -0.2) is 38.9 Å². The van der Waals surface area contributed by atoms with Gasteiger partial charge in [0.25, 0.3) is 0 Å². The zero-order valence-electron chi connectivity index (χ0n) is 11.6. The van der Waals surface area contributed by atoms with Gasteiger partial charge in [0.05, 0.1) is 11.7 Å². The monoisotopic (exact) mass is 363 g/mol. The minimum atomic E-state index is -3.84. The van der Waals surface area contributed by atoms with Gasteiger partial charge in [-0.05, 0) is 32.0 Å². The zero-order valence-corrected chi connectivity index (χ0v) is 14.0. The second-order valence-corrected chi connectivity index (χ2v) is 6.98. The third-order valence-corrected chi connectivity index (χ3v) is 4.92. The number of nitrogens with zero attached hydrogens (tertiary/aromatic N) is 1. The lowest BCUT2D eigenvalue weighted by Crippen LogP contribution is -2.45. The first-order chi connectivity index (χ1) is 9.19. The molecule has 0 aliphatic carbocycles. The van der Waals surface area contributed by atoms with Gasteiger partial charge in [0.1, 0.15) is 4.90 Å². The van der Waals surface area contributed by atoms with E-state index in [0.29, 0.717) is 11.0 Å². The molecule has 0 aliphatic heterocycles. The summed E-state index contributed by atoms with van der Waals surface area (Å²) in [5.74, 6) is -0.299. The molecule has 0 heterocycles. The largest absolute Gasteiger partial charge is 0.398 e. The molecule has 0 aromatic heterocycles. The van der Waals surface area contributed by atoms with Crippen molar-refractivity contribution in [3.05, 3.63) is 22.7 Å². The van der Waals surface area contributed by atoms with E-state index in [0.717, 1.165) is 0 Å². The van der Waals surface area contributed by atoms with E-state index < -0.39 is 16.1 Å². The molecule has 1 atom stereocenters.